The Hall–Kier alpha value is -1.45. The van der Waals surface area contributed by atoms with Crippen LogP contribution in [0, 0.1) is 0 Å². The molecule has 0 aliphatic carbocycles. The summed E-state index contributed by atoms with van der Waals surface area (Å²) in [7, 11) is 0. The molecular formula is C11H12F2O2. The zero-order chi connectivity index (χ0) is 11.4. The van der Waals surface area contributed by atoms with Crippen molar-refractivity contribution in [2.45, 2.75) is 26.4 Å². The van der Waals surface area contributed by atoms with Gasteiger partial charge in [0.2, 0.25) is 0 Å². The Morgan fingerprint density at radius 1 is 1.33 bits per heavy atom. The molecule has 0 aliphatic heterocycles. The van der Waals surface area contributed by atoms with Crippen LogP contribution in [0.4, 0.5) is 8.78 Å². The highest BCUT2D eigenvalue weighted by Gasteiger charge is 2.10. The molecule has 0 saturated carbocycles. The monoisotopic (exact) mass is 214 g/mol. The van der Waals surface area contributed by atoms with Crippen molar-refractivity contribution in [2.24, 2.45) is 0 Å². The zero-order valence-corrected chi connectivity index (χ0v) is 8.54. The van der Waals surface area contributed by atoms with E-state index in [9.17, 15) is 13.6 Å². The van der Waals surface area contributed by atoms with Crippen molar-refractivity contribution < 1.29 is 18.3 Å². The van der Waals surface area contributed by atoms with Crippen molar-refractivity contribution in [3.05, 3.63) is 29.3 Å². The molecule has 0 radical (unpaired) electrons. The summed E-state index contributed by atoms with van der Waals surface area (Å²) in [4.78, 5) is 10.7. The van der Waals surface area contributed by atoms with E-state index in [1.54, 1.807) is 12.1 Å². The van der Waals surface area contributed by atoms with E-state index in [1.165, 1.54) is 6.07 Å². The molecule has 1 aromatic carbocycles. The predicted octanol–water partition coefficient (Wildman–Crippen LogP) is 3.22. The third-order valence-corrected chi connectivity index (χ3v) is 2.04. The molecule has 0 unspecified atom stereocenters. The van der Waals surface area contributed by atoms with E-state index in [4.69, 9.17) is 0 Å². The average molecular weight is 214 g/mol. The minimum absolute atomic E-state index is 0.0793. The summed E-state index contributed by atoms with van der Waals surface area (Å²) in [5.74, 6) is 0.161. The molecule has 1 rings (SSSR count). The summed E-state index contributed by atoms with van der Waals surface area (Å²) in [5.41, 5.74) is 1.07. The van der Waals surface area contributed by atoms with Crippen LogP contribution < -0.4 is 4.74 Å². The van der Waals surface area contributed by atoms with Crippen LogP contribution in [0.2, 0.25) is 0 Å². The first kappa shape index (κ1) is 11.6. The molecule has 1 aromatic rings. The molecule has 4 heteroatoms. The number of rotatable bonds is 4. The largest absolute Gasteiger partial charge is 0.434 e. The van der Waals surface area contributed by atoms with Crippen molar-refractivity contribution in [3.63, 3.8) is 0 Å². The highest BCUT2D eigenvalue weighted by molar-refractivity contribution is 5.79. The predicted molar refractivity (Wildman–Crippen MR) is 52.6 cm³/mol. The highest BCUT2D eigenvalue weighted by Crippen LogP contribution is 2.24. The second-order valence-electron chi connectivity index (χ2n) is 3.45. The fraction of sp³-hybridized carbons (Fsp3) is 0.364. The quantitative estimate of drug-likeness (QED) is 0.719. The van der Waals surface area contributed by atoms with Gasteiger partial charge in [-0.2, -0.15) is 8.78 Å². The maximum Gasteiger partial charge on any atom is 0.387 e. The molecule has 15 heavy (non-hydrogen) atoms. The van der Waals surface area contributed by atoms with Crippen LogP contribution in [0.25, 0.3) is 0 Å². The molecule has 0 saturated heterocycles. The van der Waals surface area contributed by atoms with Crippen molar-refractivity contribution in [1.29, 1.82) is 0 Å². The van der Waals surface area contributed by atoms with Gasteiger partial charge in [-0.05, 0) is 23.6 Å². The number of hydrogen-bond donors (Lipinski definition) is 0. The standard InChI is InChI=1S/C11H12F2O2/c1-7(2)8-3-4-10(15-11(12)13)9(5-8)6-14/h3-7,11H,1-2H3. The van der Waals surface area contributed by atoms with E-state index in [0.717, 1.165) is 5.56 Å². The molecule has 0 heterocycles. The lowest BCUT2D eigenvalue weighted by Gasteiger charge is -2.10. The Labute approximate surface area is 86.9 Å². The summed E-state index contributed by atoms with van der Waals surface area (Å²) in [6, 6.07) is 4.63. The van der Waals surface area contributed by atoms with Gasteiger partial charge < -0.3 is 4.74 Å². The molecule has 0 fully saturated rings. The van der Waals surface area contributed by atoms with Gasteiger partial charge in [0.15, 0.2) is 6.29 Å². The normalized spacial score (nSPS) is 10.8. The van der Waals surface area contributed by atoms with Gasteiger partial charge in [-0.1, -0.05) is 19.9 Å². The number of carbonyl (C=O) groups is 1. The molecule has 2 nitrogen and oxygen atoms in total. The molecule has 0 spiro atoms. The second kappa shape index (κ2) is 4.87. The molecule has 0 bridgehead atoms. The van der Waals surface area contributed by atoms with E-state index in [0.29, 0.717) is 6.29 Å². The van der Waals surface area contributed by atoms with E-state index in [2.05, 4.69) is 4.74 Å². The number of hydrogen-bond acceptors (Lipinski definition) is 2. The summed E-state index contributed by atoms with van der Waals surface area (Å²) < 4.78 is 28.1. The molecular weight excluding hydrogens is 202 g/mol. The van der Waals surface area contributed by atoms with Gasteiger partial charge in [0, 0.05) is 0 Å². The highest BCUT2D eigenvalue weighted by atomic mass is 19.3. The Kier molecular flexibility index (Phi) is 3.77. The van der Waals surface area contributed by atoms with Gasteiger partial charge >= 0.3 is 6.61 Å². The summed E-state index contributed by atoms with van der Waals surface area (Å²) in [5, 5.41) is 0. The molecule has 0 amide bonds. The minimum atomic E-state index is -2.91. The van der Waals surface area contributed by atoms with Gasteiger partial charge in [0.05, 0.1) is 5.56 Å². The lowest BCUT2D eigenvalue weighted by Crippen LogP contribution is -2.04. The number of carbonyl (C=O) groups excluding carboxylic acids is 1. The van der Waals surface area contributed by atoms with Crippen LogP contribution in [0.1, 0.15) is 35.7 Å². The molecule has 82 valence electrons. The maximum atomic E-state index is 12.0. The lowest BCUT2D eigenvalue weighted by atomic mass is 10.0. The van der Waals surface area contributed by atoms with Gasteiger partial charge in [-0.25, -0.2) is 0 Å². The second-order valence-corrected chi connectivity index (χ2v) is 3.45. The Balaban J connectivity index is 3.03. The Morgan fingerprint density at radius 2 is 2.00 bits per heavy atom. The zero-order valence-electron chi connectivity index (χ0n) is 8.54. The SMILES string of the molecule is CC(C)c1ccc(OC(F)F)c(C=O)c1. The summed E-state index contributed by atoms with van der Waals surface area (Å²) >= 11 is 0. The van der Waals surface area contributed by atoms with Crippen molar-refractivity contribution in [1.82, 2.24) is 0 Å². The number of aldehydes is 1. The topological polar surface area (TPSA) is 26.3 Å². The van der Waals surface area contributed by atoms with Gasteiger partial charge in [0.1, 0.15) is 5.75 Å². The number of ether oxygens (including phenoxy) is 1. The smallest absolute Gasteiger partial charge is 0.387 e. The van der Waals surface area contributed by atoms with Crippen LogP contribution >= 0.6 is 0 Å². The molecule has 0 atom stereocenters. The number of halogens is 2. The molecule has 0 aromatic heterocycles. The summed E-state index contributed by atoms with van der Waals surface area (Å²) in [6.45, 7) is 1.00. The first-order chi connectivity index (χ1) is 7.04. The molecule has 0 aliphatic rings. The Morgan fingerprint density at radius 3 is 2.47 bits per heavy atom. The number of alkyl halides is 2. The van der Waals surface area contributed by atoms with E-state index >= 15 is 0 Å². The van der Waals surface area contributed by atoms with Crippen LogP contribution in [0.5, 0.6) is 5.75 Å². The van der Waals surface area contributed by atoms with E-state index in [-0.39, 0.29) is 17.2 Å². The number of benzene rings is 1. The third-order valence-electron chi connectivity index (χ3n) is 2.04. The van der Waals surface area contributed by atoms with Crippen LogP contribution in [0.3, 0.4) is 0 Å². The van der Waals surface area contributed by atoms with E-state index < -0.39 is 6.61 Å². The third kappa shape index (κ3) is 3.01. The van der Waals surface area contributed by atoms with Crippen molar-refractivity contribution >= 4 is 6.29 Å². The van der Waals surface area contributed by atoms with Gasteiger partial charge in [-0.3, -0.25) is 4.79 Å². The van der Waals surface area contributed by atoms with Crippen LogP contribution in [-0.2, 0) is 0 Å². The van der Waals surface area contributed by atoms with Crippen LogP contribution in [-0.4, -0.2) is 12.9 Å². The summed E-state index contributed by atoms with van der Waals surface area (Å²) in [6.07, 6.45) is 0.517. The Bertz CT molecular complexity index is 348. The van der Waals surface area contributed by atoms with Crippen molar-refractivity contribution in [2.75, 3.05) is 0 Å². The van der Waals surface area contributed by atoms with Crippen LogP contribution in [0.15, 0.2) is 18.2 Å². The van der Waals surface area contributed by atoms with E-state index in [1.807, 2.05) is 13.8 Å². The minimum Gasteiger partial charge on any atom is -0.434 e. The first-order valence-electron chi connectivity index (χ1n) is 4.58. The maximum absolute atomic E-state index is 12.0. The molecule has 0 N–H and O–H groups in total. The fourth-order valence-electron chi connectivity index (χ4n) is 1.22. The van der Waals surface area contributed by atoms with Gasteiger partial charge in [-0.15, -0.1) is 0 Å². The fourth-order valence-corrected chi connectivity index (χ4v) is 1.22. The first-order valence-corrected chi connectivity index (χ1v) is 4.58. The lowest BCUT2D eigenvalue weighted by molar-refractivity contribution is -0.0500. The van der Waals surface area contributed by atoms with Crippen molar-refractivity contribution in [3.8, 4) is 5.75 Å². The average Bonchev–Trinajstić information content (AvgIpc) is 2.17. The van der Waals surface area contributed by atoms with Gasteiger partial charge in [0.25, 0.3) is 0 Å².